The molecular formula is C9H21NO. The Morgan fingerprint density at radius 2 is 1.36 bits per heavy atom. The SMILES string of the molecule is C=O.CCCCNCCCC. The van der Waals surface area contributed by atoms with E-state index in [0.29, 0.717) is 0 Å². The number of carbonyl (C=O) groups excluding carboxylic acids is 1. The van der Waals surface area contributed by atoms with Crippen LogP contribution in [0.25, 0.3) is 0 Å². The minimum atomic E-state index is 1.20. The minimum absolute atomic E-state index is 1.20. The van der Waals surface area contributed by atoms with Crippen LogP contribution >= 0.6 is 0 Å². The molecule has 2 nitrogen and oxygen atoms in total. The highest BCUT2D eigenvalue weighted by atomic mass is 16.1. The molecule has 0 fully saturated rings. The van der Waals surface area contributed by atoms with Crippen molar-refractivity contribution in [1.82, 2.24) is 5.32 Å². The van der Waals surface area contributed by atoms with Crippen molar-refractivity contribution in [3.63, 3.8) is 0 Å². The van der Waals surface area contributed by atoms with Gasteiger partial charge in [-0.05, 0) is 25.9 Å². The molecule has 0 saturated carbocycles. The van der Waals surface area contributed by atoms with Gasteiger partial charge in [0.05, 0.1) is 0 Å². The zero-order valence-electron chi connectivity index (χ0n) is 7.86. The molecule has 0 amide bonds. The molecule has 0 bridgehead atoms. The van der Waals surface area contributed by atoms with Gasteiger partial charge in [0.15, 0.2) is 0 Å². The number of carbonyl (C=O) groups is 1. The van der Waals surface area contributed by atoms with E-state index in [1.807, 2.05) is 6.79 Å². The van der Waals surface area contributed by atoms with Crippen molar-refractivity contribution >= 4 is 6.79 Å². The van der Waals surface area contributed by atoms with E-state index in [1.54, 1.807) is 0 Å². The summed E-state index contributed by atoms with van der Waals surface area (Å²) in [6.07, 6.45) is 5.26. The molecule has 1 N–H and O–H groups in total. The largest absolute Gasteiger partial charge is 0.317 e. The second kappa shape index (κ2) is 16.3. The third kappa shape index (κ3) is 17.7. The quantitative estimate of drug-likeness (QED) is 0.600. The van der Waals surface area contributed by atoms with E-state index in [0.717, 1.165) is 0 Å². The van der Waals surface area contributed by atoms with Crippen LogP contribution in [0.3, 0.4) is 0 Å². The number of unbranched alkanes of at least 4 members (excludes halogenated alkanes) is 2. The van der Waals surface area contributed by atoms with Gasteiger partial charge in [-0.15, -0.1) is 0 Å². The van der Waals surface area contributed by atoms with Crippen molar-refractivity contribution in [3.05, 3.63) is 0 Å². The Morgan fingerprint density at radius 1 is 1.00 bits per heavy atom. The first-order valence-corrected chi connectivity index (χ1v) is 4.41. The van der Waals surface area contributed by atoms with Crippen molar-refractivity contribution in [2.45, 2.75) is 39.5 Å². The topological polar surface area (TPSA) is 29.1 Å². The number of nitrogens with one attached hydrogen (secondary N) is 1. The highest BCUT2D eigenvalue weighted by molar-refractivity contribution is 5.10. The minimum Gasteiger partial charge on any atom is -0.317 e. The van der Waals surface area contributed by atoms with Gasteiger partial charge in [0.1, 0.15) is 6.79 Å². The van der Waals surface area contributed by atoms with Gasteiger partial charge in [0, 0.05) is 0 Å². The monoisotopic (exact) mass is 159 g/mol. The molecule has 0 aromatic heterocycles. The lowest BCUT2D eigenvalue weighted by atomic mass is 10.3. The molecule has 0 heterocycles. The molecule has 0 unspecified atom stereocenters. The van der Waals surface area contributed by atoms with Gasteiger partial charge < -0.3 is 10.1 Å². The molecule has 0 atom stereocenters. The molecule has 11 heavy (non-hydrogen) atoms. The van der Waals surface area contributed by atoms with Crippen LogP contribution in [0.5, 0.6) is 0 Å². The molecule has 0 aromatic carbocycles. The summed E-state index contributed by atoms with van der Waals surface area (Å²) in [7, 11) is 0. The summed E-state index contributed by atoms with van der Waals surface area (Å²) < 4.78 is 0. The predicted octanol–water partition coefficient (Wildman–Crippen LogP) is 1.99. The van der Waals surface area contributed by atoms with E-state index in [4.69, 9.17) is 4.79 Å². The summed E-state index contributed by atoms with van der Waals surface area (Å²) >= 11 is 0. The Kier molecular flexibility index (Phi) is 19.6. The molecule has 0 rings (SSSR count). The molecule has 2 heteroatoms. The lowest BCUT2D eigenvalue weighted by Gasteiger charge is -1.99. The molecule has 0 aliphatic carbocycles. The van der Waals surface area contributed by atoms with Gasteiger partial charge in [0.2, 0.25) is 0 Å². The van der Waals surface area contributed by atoms with E-state index < -0.39 is 0 Å². The van der Waals surface area contributed by atoms with Crippen LogP contribution in [-0.4, -0.2) is 19.9 Å². The van der Waals surface area contributed by atoms with E-state index in [9.17, 15) is 0 Å². The van der Waals surface area contributed by atoms with Crippen LogP contribution in [0, 0.1) is 0 Å². The second-order valence-electron chi connectivity index (χ2n) is 2.46. The average molecular weight is 159 g/mol. The molecule has 0 aliphatic heterocycles. The van der Waals surface area contributed by atoms with Crippen molar-refractivity contribution < 1.29 is 4.79 Å². The zero-order valence-corrected chi connectivity index (χ0v) is 7.86. The van der Waals surface area contributed by atoms with Crippen molar-refractivity contribution in [2.75, 3.05) is 13.1 Å². The smallest absolute Gasteiger partial charge is 0.106 e. The zero-order chi connectivity index (χ0) is 8.95. The fourth-order valence-corrected chi connectivity index (χ4v) is 0.729. The van der Waals surface area contributed by atoms with E-state index >= 15 is 0 Å². The molecule has 0 spiro atoms. The van der Waals surface area contributed by atoms with Gasteiger partial charge in [-0.25, -0.2) is 0 Å². The summed E-state index contributed by atoms with van der Waals surface area (Å²) in [6.45, 7) is 8.86. The Hall–Kier alpha value is -0.370. The first-order chi connectivity index (χ1) is 5.41. The van der Waals surface area contributed by atoms with E-state index in [-0.39, 0.29) is 0 Å². The maximum atomic E-state index is 8.00. The summed E-state index contributed by atoms with van der Waals surface area (Å²) in [5.41, 5.74) is 0. The lowest BCUT2D eigenvalue weighted by Crippen LogP contribution is -2.15. The highest BCUT2D eigenvalue weighted by Crippen LogP contribution is 1.85. The average Bonchev–Trinajstić information content (AvgIpc) is 2.08. The van der Waals surface area contributed by atoms with E-state index in [1.165, 1.54) is 38.8 Å². The Balaban J connectivity index is 0. The standard InChI is InChI=1S/C8H19N.CH2O/c1-3-5-7-9-8-6-4-2;1-2/h9H,3-8H2,1-2H3;1H2. The third-order valence-corrected chi connectivity index (χ3v) is 1.41. The van der Waals surface area contributed by atoms with Gasteiger partial charge in [0.25, 0.3) is 0 Å². The fourth-order valence-electron chi connectivity index (χ4n) is 0.729. The van der Waals surface area contributed by atoms with Crippen LogP contribution in [0.2, 0.25) is 0 Å². The summed E-state index contributed by atoms with van der Waals surface area (Å²) in [4.78, 5) is 8.00. The summed E-state index contributed by atoms with van der Waals surface area (Å²) in [6, 6.07) is 0. The normalized spacial score (nSPS) is 8.55. The third-order valence-electron chi connectivity index (χ3n) is 1.41. The highest BCUT2D eigenvalue weighted by Gasteiger charge is 1.83. The fraction of sp³-hybridized carbons (Fsp3) is 0.889. The van der Waals surface area contributed by atoms with Crippen LogP contribution in [-0.2, 0) is 4.79 Å². The summed E-state index contributed by atoms with van der Waals surface area (Å²) in [5.74, 6) is 0. The molecule has 0 saturated heterocycles. The number of hydrogen-bond acceptors (Lipinski definition) is 2. The molecule has 0 aliphatic rings. The first kappa shape index (κ1) is 13.2. The first-order valence-electron chi connectivity index (χ1n) is 4.41. The Morgan fingerprint density at radius 3 is 1.64 bits per heavy atom. The van der Waals surface area contributed by atoms with Crippen molar-refractivity contribution in [3.8, 4) is 0 Å². The molecular weight excluding hydrogens is 138 g/mol. The second-order valence-corrected chi connectivity index (χ2v) is 2.46. The molecule has 0 aromatic rings. The van der Waals surface area contributed by atoms with Crippen molar-refractivity contribution in [1.29, 1.82) is 0 Å². The van der Waals surface area contributed by atoms with Crippen LogP contribution in [0.15, 0.2) is 0 Å². The lowest BCUT2D eigenvalue weighted by molar-refractivity contribution is -0.0979. The number of rotatable bonds is 6. The van der Waals surface area contributed by atoms with Gasteiger partial charge in [-0.2, -0.15) is 0 Å². The van der Waals surface area contributed by atoms with Gasteiger partial charge in [-0.3, -0.25) is 0 Å². The molecule has 0 radical (unpaired) electrons. The predicted molar refractivity (Wildman–Crippen MR) is 49.8 cm³/mol. The number of hydrogen-bond donors (Lipinski definition) is 1. The maximum absolute atomic E-state index is 8.00. The van der Waals surface area contributed by atoms with Gasteiger partial charge in [-0.1, -0.05) is 26.7 Å². The molecule has 68 valence electrons. The van der Waals surface area contributed by atoms with Gasteiger partial charge >= 0.3 is 0 Å². The van der Waals surface area contributed by atoms with Crippen LogP contribution in [0.4, 0.5) is 0 Å². The summed E-state index contributed by atoms with van der Waals surface area (Å²) in [5, 5.41) is 3.39. The maximum Gasteiger partial charge on any atom is 0.106 e. The Labute approximate surface area is 70.4 Å². The van der Waals surface area contributed by atoms with Crippen LogP contribution in [0.1, 0.15) is 39.5 Å². The van der Waals surface area contributed by atoms with E-state index in [2.05, 4.69) is 19.2 Å². The van der Waals surface area contributed by atoms with Crippen molar-refractivity contribution in [2.24, 2.45) is 0 Å². The van der Waals surface area contributed by atoms with Crippen LogP contribution < -0.4 is 5.32 Å². The Bertz CT molecular complexity index is 51.5.